The summed E-state index contributed by atoms with van der Waals surface area (Å²) >= 11 is 1.43. The van der Waals surface area contributed by atoms with Gasteiger partial charge in [0.15, 0.2) is 16.7 Å². The minimum atomic E-state index is -0.622. The number of hydrogen-bond donors (Lipinski definition) is 0. The summed E-state index contributed by atoms with van der Waals surface area (Å²) < 4.78 is 16.0. The summed E-state index contributed by atoms with van der Waals surface area (Å²) in [4.78, 5) is 32.0. The molecular formula is C20H24N2O5S. The van der Waals surface area contributed by atoms with Gasteiger partial charge in [0.25, 0.3) is 0 Å². The highest BCUT2D eigenvalue weighted by molar-refractivity contribution is 8.15. The SMILES string of the molecule is CCOC(=O)C1=C(C)N=C2SC(CC)C(=O)N2C1c1ccc(OC)c(OC)c1. The maximum absolute atomic E-state index is 13.1. The highest BCUT2D eigenvalue weighted by atomic mass is 32.2. The van der Waals surface area contributed by atoms with Crippen LogP contribution in [0, 0.1) is 0 Å². The van der Waals surface area contributed by atoms with Crippen molar-refractivity contribution in [2.45, 2.75) is 38.5 Å². The van der Waals surface area contributed by atoms with Crippen molar-refractivity contribution in [1.82, 2.24) is 4.90 Å². The molecule has 8 heteroatoms. The van der Waals surface area contributed by atoms with Crippen LogP contribution in [0.15, 0.2) is 34.5 Å². The van der Waals surface area contributed by atoms with Crippen LogP contribution in [0.5, 0.6) is 11.5 Å². The number of esters is 1. The van der Waals surface area contributed by atoms with Crippen LogP contribution >= 0.6 is 11.8 Å². The number of amides is 1. The van der Waals surface area contributed by atoms with Crippen LogP contribution in [0.4, 0.5) is 0 Å². The van der Waals surface area contributed by atoms with Crippen molar-refractivity contribution < 1.29 is 23.8 Å². The Morgan fingerprint density at radius 1 is 1.21 bits per heavy atom. The number of thioether (sulfide) groups is 1. The van der Waals surface area contributed by atoms with Gasteiger partial charge < -0.3 is 14.2 Å². The molecule has 1 fully saturated rings. The van der Waals surface area contributed by atoms with Gasteiger partial charge in [-0.25, -0.2) is 9.79 Å². The molecule has 1 amide bonds. The highest BCUT2D eigenvalue weighted by Crippen LogP contribution is 2.45. The zero-order valence-electron chi connectivity index (χ0n) is 16.6. The average molecular weight is 404 g/mol. The molecule has 1 aromatic rings. The standard InChI is InChI=1S/C20H24N2O5S/c1-6-15-18(23)22-17(12-8-9-13(25-4)14(10-12)26-5)16(19(24)27-7-2)11(3)21-20(22)28-15/h8-10,15,17H,6-7H2,1-5H3. The third kappa shape index (κ3) is 3.37. The monoisotopic (exact) mass is 404 g/mol. The molecule has 1 saturated heterocycles. The second-order valence-corrected chi connectivity index (χ2v) is 7.52. The number of carbonyl (C=O) groups excluding carboxylic acids is 2. The summed E-state index contributed by atoms with van der Waals surface area (Å²) in [6, 6.07) is 4.76. The van der Waals surface area contributed by atoms with Gasteiger partial charge in [-0.05, 0) is 38.0 Å². The van der Waals surface area contributed by atoms with Gasteiger partial charge in [0.1, 0.15) is 0 Å². The van der Waals surface area contributed by atoms with E-state index in [1.54, 1.807) is 45.1 Å². The summed E-state index contributed by atoms with van der Waals surface area (Å²) in [6.45, 7) is 5.73. The number of methoxy groups -OCH3 is 2. The molecule has 3 rings (SSSR count). The summed E-state index contributed by atoms with van der Waals surface area (Å²) in [7, 11) is 3.11. The lowest BCUT2D eigenvalue weighted by Crippen LogP contribution is -2.40. The average Bonchev–Trinajstić information content (AvgIpc) is 3.01. The Morgan fingerprint density at radius 2 is 1.93 bits per heavy atom. The van der Waals surface area contributed by atoms with Crippen molar-refractivity contribution in [2.24, 2.45) is 4.99 Å². The molecule has 2 unspecified atom stereocenters. The van der Waals surface area contributed by atoms with E-state index in [2.05, 4.69) is 4.99 Å². The second-order valence-electron chi connectivity index (χ2n) is 6.35. The fraction of sp³-hybridized carbons (Fsp3) is 0.450. The van der Waals surface area contributed by atoms with E-state index in [4.69, 9.17) is 14.2 Å². The van der Waals surface area contributed by atoms with E-state index in [-0.39, 0.29) is 17.8 Å². The van der Waals surface area contributed by atoms with Crippen LogP contribution in [0.25, 0.3) is 0 Å². The number of amidine groups is 1. The fourth-order valence-corrected chi connectivity index (χ4v) is 4.53. The number of carbonyl (C=O) groups is 2. The number of benzene rings is 1. The molecule has 0 radical (unpaired) electrons. The molecule has 7 nitrogen and oxygen atoms in total. The van der Waals surface area contributed by atoms with Gasteiger partial charge in [0.2, 0.25) is 5.91 Å². The van der Waals surface area contributed by atoms with Crippen LogP contribution < -0.4 is 9.47 Å². The third-order valence-corrected chi connectivity index (χ3v) is 6.06. The minimum Gasteiger partial charge on any atom is -0.493 e. The zero-order valence-corrected chi connectivity index (χ0v) is 17.5. The van der Waals surface area contributed by atoms with E-state index in [1.807, 2.05) is 13.0 Å². The third-order valence-electron chi connectivity index (χ3n) is 4.74. The van der Waals surface area contributed by atoms with E-state index in [0.717, 1.165) is 5.56 Å². The lowest BCUT2D eigenvalue weighted by Gasteiger charge is -2.33. The van der Waals surface area contributed by atoms with Gasteiger partial charge in [-0.2, -0.15) is 0 Å². The van der Waals surface area contributed by atoms with Crippen LogP contribution in [-0.4, -0.2) is 48.0 Å². The normalized spacial score (nSPS) is 21.4. The van der Waals surface area contributed by atoms with E-state index in [1.165, 1.54) is 11.8 Å². The number of fused-ring (bicyclic) bond motifs is 1. The number of hydrogen-bond acceptors (Lipinski definition) is 7. The van der Waals surface area contributed by atoms with Crippen LogP contribution in [0.3, 0.4) is 0 Å². The predicted molar refractivity (Wildman–Crippen MR) is 108 cm³/mol. The zero-order chi connectivity index (χ0) is 20.4. The summed E-state index contributed by atoms with van der Waals surface area (Å²) in [6.07, 6.45) is 0.686. The maximum atomic E-state index is 13.1. The minimum absolute atomic E-state index is 0.0552. The molecule has 2 aliphatic heterocycles. The van der Waals surface area contributed by atoms with Gasteiger partial charge in [-0.3, -0.25) is 9.69 Å². The molecule has 0 spiro atoms. The Kier molecular flexibility index (Phi) is 5.98. The lowest BCUT2D eigenvalue weighted by molar-refractivity contribution is -0.139. The number of rotatable bonds is 6. The highest BCUT2D eigenvalue weighted by Gasteiger charge is 2.47. The predicted octanol–water partition coefficient (Wildman–Crippen LogP) is 3.31. The molecular weight excluding hydrogens is 380 g/mol. The van der Waals surface area contributed by atoms with Crippen molar-refractivity contribution in [3.63, 3.8) is 0 Å². The molecule has 2 aliphatic rings. The van der Waals surface area contributed by atoms with Gasteiger partial charge in [-0.1, -0.05) is 24.8 Å². The molecule has 150 valence electrons. The second kappa shape index (κ2) is 8.26. The Morgan fingerprint density at radius 3 is 2.54 bits per heavy atom. The quantitative estimate of drug-likeness (QED) is 0.677. The first-order valence-corrected chi connectivity index (χ1v) is 10.0. The fourth-order valence-electron chi connectivity index (χ4n) is 3.40. The first-order chi connectivity index (χ1) is 13.5. The van der Waals surface area contributed by atoms with E-state index in [9.17, 15) is 9.59 Å². The molecule has 2 heterocycles. The van der Waals surface area contributed by atoms with Crippen molar-refractivity contribution in [1.29, 1.82) is 0 Å². The van der Waals surface area contributed by atoms with Crippen LogP contribution in [-0.2, 0) is 14.3 Å². The summed E-state index contributed by atoms with van der Waals surface area (Å²) in [5.74, 6) is 0.569. The first-order valence-electron chi connectivity index (χ1n) is 9.14. The van der Waals surface area contributed by atoms with Crippen LogP contribution in [0.2, 0.25) is 0 Å². The molecule has 28 heavy (non-hydrogen) atoms. The number of allylic oxidation sites excluding steroid dienone is 1. The van der Waals surface area contributed by atoms with Gasteiger partial charge in [0, 0.05) is 0 Å². The Labute approximate surface area is 168 Å². The molecule has 0 bridgehead atoms. The number of nitrogens with zero attached hydrogens (tertiary/aromatic N) is 2. The number of aliphatic imine (C=N–C) groups is 1. The maximum Gasteiger partial charge on any atom is 0.338 e. The summed E-state index contributed by atoms with van der Waals surface area (Å²) in [5.41, 5.74) is 1.66. The van der Waals surface area contributed by atoms with E-state index in [0.29, 0.717) is 34.4 Å². The Bertz CT molecular complexity index is 864. The number of ether oxygens (including phenoxy) is 3. The van der Waals surface area contributed by atoms with Crippen molar-refractivity contribution in [2.75, 3.05) is 20.8 Å². The molecule has 1 aromatic carbocycles. The van der Waals surface area contributed by atoms with E-state index >= 15 is 0 Å². The Balaban J connectivity index is 2.16. The van der Waals surface area contributed by atoms with Crippen molar-refractivity contribution >= 4 is 28.8 Å². The van der Waals surface area contributed by atoms with Gasteiger partial charge in [-0.15, -0.1) is 0 Å². The Hall–Kier alpha value is -2.48. The molecule has 0 aromatic heterocycles. The first kappa shape index (κ1) is 20.3. The van der Waals surface area contributed by atoms with Crippen molar-refractivity contribution in [3.8, 4) is 11.5 Å². The smallest absolute Gasteiger partial charge is 0.338 e. The largest absolute Gasteiger partial charge is 0.493 e. The molecule has 2 atom stereocenters. The summed E-state index contributed by atoms with van der Waals surface area (Å²) in [5, 5.41) is 0.401. The molecule has 0 saturated carbocycles. The lowest BCUT2D eigenvalue weighted by atomic mass is 9.94. The van der Waals surface area contributed by atoms with Crippen molar-refractivity contribution in [3.05, 3.63) is 35.0 Å². The molecule has 0 N–H and O–H groups in total. The van der Waals surface area contributed by atoms with Crippen LogP contribution in [0.1, 0.15) is 38.8 Å². The van der Waals surface area contributed by atoms with Gasteiger partial charge in [0.05, 0.1) is 43.4 Å². The van der Waals surface area contributed by atoms with E-state index < -0.39 is 12.0 Å². The molecule has 0 aliphatic carbocycles. The topological polar surface area (TPSA) is 77.4 Å². The van der Waals surface area contributed by atoms with Gasteiger partial charge >= 0.3 is 5.97 Å².